The SMILES string of the molecule is O=C(CCCCCCN1C(=O)C(c2c[nH]c3ccccc23)=C(c2c[nH]c3ccccc23)C1=O)NO. The molecule has 0 radical (unpaired) electrons. The van der Waals surface area contributed by atoms with Gasteiger partial charge in [-0.25, -0.2) is 5.48 Å². The first-order chi connectivity index (χ1) is 17.1. The molecule has 35 heavy (non-hydrogen) atoms. The van der Waals surface area contributed by atoms with Crippen LogP contribution in [0.4, 0.5) is 0 Å². The lowest BCUT2D eigenvalue weighted by atomic mass is 9.95. The Morgan fingerprint density at radius 2 is 1.29 bits per heavy atom. The zero-order valence-corrected chi connectivity index (χ0v) is 19.1. The van der Waals surface area contributed by atoms with Crippen LogP contribution < -0.4 is 5.48 Å². The molecule has 0 atom stereocenters. The normalized spacial score (nSPS) is 14.0. The van der Waals surface area contributed by atoms with E-state index < -0.39 is 5.91 Å². The van der Waals surface area contributed by atoms with Crippen LogP contribution in [0.25, 0.3) is 33.0 Å². The van der Waals surface area contributed by atoms with Crippen molar-refractivity contribution in [1.29, 1.82) is 0 Å². The fourth-order valence-corrected chi connectivity index (χ4v) is 4.80. The zero-order valence-electron chi connectivity index (χ0n) is 19.1. The summed E-state index contributed by atoms with van der Waals surface area (Å²) in [6.45, 7) is 0.307. The molecule has 0 unspecified atom stereocenters. The van der Waals surface area contributed by atoms with E-state index in [1.807, 2.05) is 48.5 Å². The number of hydroxylamine groups is 1. The van der Waals surface area contributed by atoms with E-state index in [0.717, 1.165) is 45.8 Å². The van der Waals surface area contributed by atoms with Gasteiger partial charge in [-0.3, -0.25) is 24.5 Å². The Morgan fingerprint density at radius 3 is 1.83 bits per heavy atom. The summed E-state index contributed by atoms with van der Waals surface area (Å²) in [6, 6.07) is 15.5. The van der Waals surface area contributed by atoms with Gasteiger partial charge in [0.15, 0.2) is 0 Å². The Bertz CT molecular complexity index is 1370. The highest BCUT2D eigenvalue weighted by Crippen LogP contribution is 2.40. The maximum absolute atomic E-state index is 13.7. The van der Waals surface area contributed by atoms with Gasteiger partial charge in [0, 0.05) is 58.3 Å². The number of benzene rings is 2. The molecule has 0 saturated heterocycles. The number of carbonyl (C=O) groups is 3. The highest BCUT2D eigenvalue weighted by atomic mass is 16.5. The van der Waals surface area contributed by atoms with Gasteiger partial charge in [0.2, 0.25) is 5.91 Å². The average molecular weight is 471 g/mol. The van der Waals surface area contributed by atoms with Gasteiger partial charge in [-0.15, -0.1) is 0 Å². The van der Waals surface area contributed by atoms with E-state index in [1.54, 1.807) is 17.9 Å². The number of nitrogens with one attached hydrogen (secondary N) is 3. The van der Waals surface area contributed by atoms with Gasteiger partial charge in [-0.05, 0) is 25.0 Å². The molecule has 178 valence electrons. The van der Waals surface area contributed by atoms with Gasteiger partial charge >= 0.3 is 0 Å². The van der Waals surface area contributed by atoms with Crippen molar-refractivity contribution in [3.05, 3.63) is 72.1 Å². The van der Waals surface area contributed by atoms with Crippen LogP contribution in [0.15, 0.2) is 60.9 Å². The molecule has 3 heterocycles. The van der Waals surface area contributed by atoms with Gasteiger partial charge in [0.1, 0.15) is 0 Å². The van der Waals surface area contributed by atoms with Gasteiger partial charge < -0.3 is 9.97 Å². The first-order valence-electron chi connectivity index (χ1n) is 11.8. The van der Waals surface area contributed by atoms with Gasteiger partial charge in [-0.1, -0.05) is 49.2 Å². The summed E-state index contributed by atoms with van der Waals surface area (Å²) in [6.07, 6.45) is 6.65. The van der Waals surface area contributed by atoms with Crippen molar-refractivity contribution in [2.75, 3.05) is 6.54 Å². The number of H-pyrrole nitrogens is 2. The fourth-order valence-electron chi connectivity index (χ4n) is 4.80. The smallest absolute Gasteiger partial charge is 0.262 e. The van der Waals surface area contributed by atoms with Crippen LogP contribution >= 0.6 is 0 Å². The standard InChI is InChI=1S/C27H26N4O4/c32-23(30-35)13-3-1-2-8-14-31-26(33)24(19-15-28-21-11-6-4-9-17(19)21)25(27(31)34)20-16-29-22-12-7-5-10-18(20)22/h4-7,9-12,15-16,28-29,35H,1-3,8,13-14H2,(H,30,32). The molecule has 0 fully saturated rings. The Kier molecular flexibility index (Phi) is 6.20. The van der Waals surface area contributed by atoms with Gasteiger partial charge in [0.25, 0.3) is 11.8 Å². The second kappa shape index (κ2) is 9.60. The minimum Gasteiger partial charge on any atom is -0.361 e. The van der Waals surface area contributed by atoms with E-state index in [2.05, 4.69) is 9.97 Å². The third-order valence-corrected chi connectivity index (χ3v) is 6.55. The van der Waals surface area contributed by atoms with Crippen LogP contribution in [0.1, 0.15) is 43.2 Å². The number of hydrogen-bond acceptors (Lipinski definition) is 4. The van der Waals surface area contributed by atoms with Crippen molar-refractivity contribution >= 4 is 50.7 Å². The van der Waals surface area contributed by atoms with Crippen LogP contribution in [-0.4, -0.2) is 44.3 Å². The Morgan fingerprint density at radius 1 is 0.771 bits per heavy atom. The van der Waals surface area contributed by atoms with Gasteiger partial charge in [0.05, 0.1) is 11.1 Å². The number of imide groups is 1. The van der Waals surface area contributed by atoms with Gasteiger partial charge in [-0.2, -0.15) is 0 Å². The monoisotopic (exact) mass is 470 g/mol. The summed E-state index contributed by atoms with van der Waals surface area (Å²) in [7, 11) is 0. The molecule has 1 aliphatic rings. The second-order valence-electron chi connectivity index (χ2n) is 8.71. The number of amides is 3. The topological polar surface area (TPSA) is 118 Å². The highest BCUT2D eigenvalue weighted by molar-refractivity contribution is 6.50. The largest absolute Gasteiger partial charge is 0.361 e. The van der Waals surface area contributed by atoms with Crippen molar-refractivity contribution < 1.29 is 19.6 Å². The first-order valence-corrected chi connectivity index (χ1v) is 11.8. The van der Waals surface area contributed by atoms with Crippen molar-refractivity contribution in [3.63, 3.8) is 0 Å². The molecular weight excluding hydrogens is 444 g/mol. The molecule has 5 rings (SSSR count). The number of unbranched alkanes of at least 4 members (excludes halogenated alkanes) is 3. The van der Waals surface area contributed by atoms with Crippen LogP contribution in [-0.2, 0) is 14.4 Å². The van der Waals surface area contributed by atoms with E-state index in [0.29, 0.717) is 30.5 Å². The molecule has 3 amide bonds. The molecule has 0 saturated carbocycles. The van der Waals surface area contributed by atoms with E-state index in [-0.39, 0.29) is 18.2 Å². The summed E-state index contributed by atoms with van der Waals surface area (Å²) < 4.78 is 0. The summed E-state index contributed by atoms with van der Waals surface area (Å²) in [5, 5.41) is 10.4. The number of aromatic amines is 2. The second-order valence-corrected chi connectivity index (χ2v) is 8.71. The Labute approximate surface area is 201 Å². The molecular formula is C27H26N4O4. The van der Waals surface area contributed by atoms with E-state index in [1.165, 1.54) is 4.90 Å². The third-order valence-electron chi connectivity index (χ3n) is 6.55. The van der Waals surface area contributed by atoms with E-state index in [9.17, 15) is 14.4 Å². The molecule has 0 aliphatic carbocycles. The van der Waals surface area contributed by atoms with E-state index in [4.69, 9.17) is 5.21 Å². The number of nitrogens with zero attached hydrogens (tertiary/aromatic N) is 1. The van der Waals surface area contributed by atoms with Crippen molar-refractivity contribution in [1.82, 2.24) is 20.3 Å². The van der Waals surface area contributed by atoms with E-state index >= 15 is 0 Å². The summed E-state index contributed by atoms with van der Waals surface area (Å²) in [4.78, 5) is 46.3. The lowest BCUT2D eigenvalue weighted by Crippen LogP contribution is -2.32. The summed E-state index contributed by atoms with van der Waals surface area (Å²) in [5.74, 6) is -0.995. The molecule has 8 heteroatoms. The molecule has 1 aliphatic heterocycles. The lowest BCUT2D eigenvalue weighted by Gasteiger charge is -2.15. The number of hydrogen-bond donors (Lipinski definition) is 4. The van der Waals surface area contributed by atoms with Crippen LogP contribution in [0, 0.1) is 0 Å². The predicted molar refractivity (Wildman–Crippen MR) is 133 cm³/mol. The fraction of sp³-hybridized carbons (Fsp3) is 0.222. The molecule has 8 nitrogen and oxygen atoms in total. The lowest BCUT2D eigenvalue weighted by molar-refractivity contribution is -0.136. The number of carbonyl (C=O) groups excluding carboxylic acids is 3. The predicted octanol–water partition coefficient (Wildman–Crippen LogP) is 4.38. The number of rotatable bonds is 9. The molecule has 4 aromatic rings. The molecule has 4 N–H and O–H groups in total. The minimum absolute atomic E-state index is 0.245. The Balaban J connectivity index is 1.47. The Hall–Kier alpha value is -4.17. The average Bonchev–Trinajstić information content (AvgIpc) is 3.56. The molecule has 2 aromatic carbocycles. The summed E-state index contributed by atoms with van der Waals surface area (Å²) in [5.41, 5.74) is 5.70. The maximum atomic E-state index is 13.7. The molecule has 0 bridgehead atoms. The quantitative estimate of drug-likeness (QED) is 0.126. The first kappa shape index (κ1) is 22.6. The number of aromatic nitrogens is 2. The van der Waals surface area contributed by atoms with Crippen molar-refractivity contribution in [2.24, 2.45) is 0 Å². The zero-order chi connectivity index (χ0) is 24.4. The number of para-hydroxylation sites is 2. The van der Waals surface area contributed by atoms with Crippen molar-refractivity contribution in [3.8, 4) is 0 Å². The van der Waals surface area contributed by atoms with Crippen LogP contribution in [0.5, 0.6) is 0 Å². The highest BCUT2D eigenvalue weighted by Gasteiger charge is 2.40. The number of fused-ring (bicyclic) bond motifs is 2. The van der Waals surface area contributed by atoms with Crippen LogP contribution in [0.2, 0.25) is 0 Å². The van der Waals surface area contributed by atoms with Crippen molar-refractivity contribution in [2.45, 2.75) is 32.1 Å². The maximum Gasteiger partial charge on any atom is 0.262 e. The third kappa shape index (κ3) is 4.13. The summed E-state index contributed by atoms with van der Waals surface area (Å²) >= 11 is 0. The molecule has 0 spiro atoms. The molecule has 2 aromatic heterocycles. The van der Waals surface area contributed by atoms with Crippen LogP contribution in [0.3, 0.4) is 0 Å². The minimum atomic E-state index is -0.411.